The van der Waals surface area contributed by atoms with Crippen molar-refractivity contribution in [2.75, 3.05) is 31.1 Å². The lowest BCUT2D eigenvalue weighted by atomic mass is 10.2. The molecule has 2 aromatic rings. The van der Waals surface area contributed by atoms with Gasteiger partial charge in [0.05, 0.1) is 0 Å². The first kappa shape index (κ1) is 17.5. The number of anilines is 1. The average molecular weight is 361 g/mol. The third-order valence-electron chi connectivity index (χ3n) is 4.21. The molecule has 0 radical (unpaired) electrons. The van der Waals surface area contributed by atoms with Crippen molar-refractivity contribution in [3.63, 3.8) is 0 Å². The molecule has 132 valence electrons. The third kappa shape index (κ3) is 4.20. The number of amides is 1. The van der Waals surface area contributed by atoms with Crippen molar-refractivity contribution in [2.45, 2.75) is 20.0 Å². The minimum Gasteiger partial charge on any atom is -0.481 e. The van der Waals surface area contributed by atoms with Crippen molar-refractivity contribution in [1.29, 1.82) is 0 Å². The lowest BCUT2D eigenvalue weighted by Gasteiger charge is -2.35. The number of carbonyl (C=O) groups is 1. The maximum Gasteiger partial charge on any atom is 0.263 e. The van der Waals surface area contributed by atoms with Gasteiger partial charge in [-0.1, -0.05) is 11.6 Å². The second-order valence-electron chi connectivity index (χ2n) is 6.03. The Balaban J connectivity index is 1.56. The molecule has 6 nitrogen and oxygen atoms in total. The smallest absolute Gasteiger partial charge is 0.263 e. The van der Waals surface area contributed by atoms with Gasteiger partial charge in [-0.05, 0) is 43.7 Å². The minimum absolute atomic E-state index is 0.0111. The number of nitrogens with zero attached hydrogens (tertiary/aromatic N) is 4. The molecule has 0 N–H and O–H groups in total. The van der Waals surface area contributed by atoms with Gasteiger partial charge < -0.3 is 14.5 Å². The van der Waals surface area contributed by atoms with E-state index in [2.05, 4.69) is 14.9 Å². The molecule has 1 aliphatic rings. The minimum atomic E-state index is -0.542. The molecule has 0 bridgehead atoms. The van der Waals surface area contributed by atoms with Crippen LogP contribution in [0.2, 0.25) is 5.02 Å². The van der Waals surface area contributed by atoms with E-state index < -0.39 is 6.10 Å². The molecule has 1 amide bonds. The summed E-state index contributed by atoms with van der Waals surface area (Å²) in [5.74, 6) is 1.38. The molecule has 1 fully saturated rings. The van der Waals surface area contributed by atoms with E-state index in [1.54, 1.807) is 37.5 Å². The van der Waals surface area contributed by atoms with Gasteiger partial charge in [0, 0.05) is 43.6 Å². The molecule has 2 heterocycles. The summed E-state index contributed by atoms with van der Waals surface area (Å²) in [5.41, 5.74) is 0.915. The van der Waals surface area contributed by atoms with E-state index in [0.29, 0.717) is 42.9 Å². The Kier molecular flexibility index (Phi) is 5.38. The van der Waals surface area contributed by atoms with Gasteiger partial charge in [-0.2, -0.15) is 0 Å². The summed E-state index contributed by atoms with van der Waals surface area (Å²) >= 11 is 5.96. The van der Waals surface area contributed by atoms with E-state index in [9.17, 15) is 4.79 Å². The molecule has 1 aromatic carbocycles. The van der Waals surface area contributed by atoms with E-state index in [-0.39, 0.29) is 5.91 Å². The van der Waals surface area contributed by atoms with Crippen LogP contribution in [0.3, 0.4) is 0 Å². The predicted molar refractivity (Wildman–Crippen MR) is 97.1 cm³/mol. The van der Waals surface area contributed by atoms with Crippen LogP contribution in [0.15, 0.2) is 36.7 Å². The first-order chi connectivity index (χ1) is 12.0. The number of aromatic nitrogens is 2. The number of halogens is 1. The zero-order valence-corrected chi connectivity index (χ0v) is 15.1. The van der Waals surface area contributed by atoms with Gasteiger partial charge in [0.25, 0.3) is 5.91 Å². The maximum absolute atomic E-state index is 12.6. The molecule has 0 unspecified atom stereocenters. The van der Waals surface area contributed by atoms with Gasteiger partial charge in [0.1, 0.15) is 5.75 Å². The Bertz CT molecular complexity index is 733. The van der Waals surface area contributed by atoms with Gasteiger partial charge >= 0.3 is 0 Å². The highest BCUT2D eigenvalue weighted by molar-refractivity contribution is 6.30. The molecule has 7 heteroatoms. The van der Waals surface area contributed by atoms with Crippen molar-refractivity contribution in [2.24, 2.45) is 0 Å². The second kappa shape index (κ2) is 7.70. The number of carbonyl (C=O) groups excluding carboxylic acids is 1. The van der Waals surface area contributed by atoms with Gasteiger partial charge in [-0.25, -0.2) is 9.97 Å². The van der Waals surface area contributed by atoms with Gasteiger partial charge in [-0.3, -0.25) is 4.79 Å². The zero-order valence-electron chi connectivity index (χ0n) is 14.4. The van der Waals surface area contributed by atoms with Crippen LogP contribution in [0.4, 0.5) is 5.95 Å². The Morgan fingerprint density at radius 3 is 2.52 bits per heavy atom. The summed E-state index contributed by atoms with van der Waals surface area (Å²) < 4.78 is 5.84. The molecular weight excluding hydrogens is 340 g/mol. The van der Waals surface area contributed by atoms with Crippen molar-refractivity contribution in [1.82, 2.24) is 14.9 Å². The van der Waals surface area contributed by atoms with E-state index in [1.165, 1.54) is 0 Å². The van der Waals surface area contributed by atoms with Crippen molar-refractivity contribution in [3.8, 4) is 5.75 Å². The monoisotopic (exact) mass is 360 g/mol. The lowest BCUT2D eigenvalue weighted by Crippen LogP contribution is -2.52. The molecular formula is C18H21ClN4O2. The summed E-state index contributed by atoms with van der Waals surface area (Å²) in [7, 11) is 0. The Morgan fingerprint density at radius 1 is 1.20 bits per heavy atom. The van der Waals surface area contributed by atoms with Crippen LogP contribution in [0, 0.1) is 6.92 Å². The van der Waals surface area contributed by atoms with E-state index in [0.717, 1.165) is 5.56 Å². The average Bonchev–Trinajstić information content (AvgIpc) is 2.64. The molecule has 0 aliphatic carbocycles. The highest BCUT2D eigenvalue weighted by Crippen LogP contribution is 2.23. The van der Waals surface area contributed by atoms with Crippen LogP contribution in [-0.4, -0.2) is 53.1 Å². The summed E-state index contributed by atoms with van der Waals surface area (Å²) in [6.07, 6.45) is 2.91. The number of hydrogen-bond acceptors (Lipinski definition) is 5. The van der Waals surface area contributed by atoms with Crippen molar-refractivity contribution < 1.29 is 9.53 Å². The van der Waals surface area contributed by atoms with Crippen LogP contribution in [-0.2, 0) is 4.79 Å². The van der Waals surface area contributed by atoms with Gasteiger partial charge in [0.15, 0.2) is 6.10 Å². The lowest BCUT2D eigenvalue weighted by molar-refractivity contribution is -0.138. The normalized spacial score (nSPS) is 15.8. The predicted octanol–water partition coefficient (Wildman–Crippen LogP) is 2.55. The van der Waals surface area contributed by atoms with E-state index in [1.807, 2.05) is 17.9 Å². The number of aryl methyl sites for hydroxylation is 1. The number of benzene rings is 1. The van der Waals surface area contributed by atoms with Gasteiger partial charge in [0.2, 0.25) is 5.95 Å². The van der Waals surface area contributed by atoms with Gasteiger partial charge in [-0.15, -0.1) is 0 Å². The maximum atomic E-state index is 12.6. The molecule has 1 aromatic heterocycles. The first-order valence-electron chi connectivity index (χ1n) is 8.28. The van der Waals surface area contributed by atoms with Crippen LogP contribution >= 0.6 is 11.6 Å². The zero-order chi connectivity index (χ0) is 17.8. The highest BCUT2D eigenvalue weighted by Gasteiger charge is 2.27. The van der Waals surface area contributed by atoms with Crippen molar-refractivity contribution in [3.05, 3.63) is 47.2 Å². The molecule has 0 saturated carbocycles. The fourth-order valence-electron chi connectivity index (χ4n) is 2.82. The summed E-state index contributed by atoms with van der Waals surface area (Å²) in [5, 5.41) is 0.656. The number of piperazine rings is 1. The molecule has 25 heavy (non-hydrogen) atoms. The number of rotatable bonds is 4. The van der Waals surface area contributed by atoms with Crippen LogP contribution < -0.4 is 9.64 Å². The Hall–Kier alpha value is -2.34. The quantitative estimate of drug-likeness (QED) is 0.838. The van der Waals surface area contributed by atoms with Crippen LogP contribution in [0.1, 0.15) is 12.5 Å². The highest BCUT2D eigenvalue weighted by atomic mass is 35.5. The number of ether oxygens (including phenoxy) is 1. The van der Waals surface area contributed by atoms with E-state index in [4.69, 9.17) is 16.3 Å². The SMILES string of the molecule is Cc1cc(Cl)ccc1O[C@@H](C)C(=O)N1CCN(c2ncccn2)CC1. The Morgan fingerprint density at radius 2 is 1.88 bits per heavy atom. The van der Waals surface area contributed by atoms with Crippen LogP contribution in [0.25, 0.3) is 0 Å². The fourth-order valence-corrected chi connectivity index (χ4v) is 3.05. The second-order valence-corrected chi connectivity index (χ2v) is 6.47. The standard InChI is InChI=1S/C18H21ClN4O2/c1-13-12-15(19)4-5-16(13)25-14(2)17(24)22-8-10-23(11-9-22)18-20-6-3-7-21-18/h3-7,12,14H,8-11H2,1-2H3/t14-/m0/s1. The molecule has 3 rings (SSSR count). The number of hydrogen-bond donors (Lipinski definition) is 0. The summed E-state index contributed by atoms with van der Waals surface area (Å²) in [6.45, 7) is 6.37. The largest absolute Gasteiger partial charge is 0.481 e. The van der Waals surface area contributed by atoms with E-state index >= 15 is 0 Å². The molecule has 1 saturated heterocycles. The van der Waals surface area contributed by atoms with Crippen LogP contribution in [0.5, 0.6) is 5.75 Å². The molecule has 1 aliphatic heterocycles. The topological polar surface area (TPSA) is 58.6 Å². The third-order valence-corrected chi connectivity index (χ3v) is 4.45. The Labute approximate surface area is 152 Å². The summed E-state index contributed by atoms with van der Waals surface area (Å²) in [4.78, 5) is 25.1. The summed E-state index contributed by atoms with van der Waals surface area (Å²) in [6, 6.07) is 7.18. The molecule has 0 spiro atoms. The molecule has 1 atom stereocenters. The van der Waals surface area contributed by atoms with Crippen molar-refractivity contribution >= 4 is 23.5 Å². The fraction of sp³-hybridized carbons (Fsp3) is 0.389. The first-order valence-corrected chi connectivity index (χ1v) is 8.66.